The Labute approximate surface area is 129 Å². The van der Waals surface area contributed by atoms with Crippen molar-refractivity contribution < 1.29 is 9.90 Å². The van der Waals surface area contributed by atoms with Crippen LogP contribution in [-0.2, 0) is 0 Å². The fourth-order valence-corrected chi connectivity index (χ4v) is 1.81. The maximum absolute atomic E-state index is 11.4. The lowest BCUT2D eigenvalue weighted by Crippen LogP contribution is -1.96. The van der Waals surface area contributed by atoms with Gasteiger partial charge in [0, 0.05) is 16.9 Å². The summed E-state index contributed by atoms with van der Waals surface area (Å²) in [6.07, 6.45) is 0. The van der Waals surface area contributed by atoms with Crippen LogP contribution in [0.25, 0.3) is 11.1 Å². The number of hydrogen-bond acceptors (Lipinski definition) is 4. The van der Waals surface area contributed by atoms with Crippen LogP contribution in [0.4, 0.5) is 11.4 Å². The minimum absolute atomic E-state index is 0. The summed E-state index contributed by atoms with van der Waals surface area (Å²) in [7, 11) is 0. The van der Waals surface area contributed by atoms with E-state index in [9.17, 15) is 9.90 Å². The van der Waals surface area contributed by atoms with Crippen LogP contribution < -0.4 is 11.5 Å². The van der Waals surface area contributed by atoms with E-state index in [1.165, 1.54) is 13.0 Å². The number of nitrogens with two attached hydrogens (primary N) is 2. The van der Waals surface area contributed by atoms with Crippen LogP contribution in [0.3, 0.4) is 0 Å². The minimum atomic E-state index is -0.197. The van der Waals surface area contributed by atoms with Crippen LogP contribution in [-0.4, -0.2) is 10.9 Å². The van der Waals surface area contributed by atoms with Gasteiger partial charge in [0.15, 0.2) is 5.78 Å². The van der Waals surface area contributed by atoms with Crippen LogP contribution in [0.5, 0.6) is 5.75 Å². The number of nitrogen functional groups attached to an aromatic ring is 2. The molecule has 0 aromatic heterocycles. The Morgan fingerprint density at radius 1 is 1.05 bits per heavy atom. The lowest BCUT2D eigenvalue weighted by Gasteiger charge is -2.09. The molecule has 0 heterocycles. The molecule has 0 fully saturated rings. The second-order valence-electron chi connectivity index (χ2n) is 4.13. The predicted molar refractivity (Wildman–Crippen MR) is 86.9 cm³/mol. The number of carbonyl (C=O) groups excluding carboxylic acids is 1. The molecule has 0 amide bonds. The predicted octanol–water partition coefficient (Wildman–Crippen LogP) is 3.27. The highest BCUT2D eigenvalue weighted by molar-refractivity contribution is 5.98. The van der Waals surface area contributed by atoms with E-state index >= 15 is 0 Å². The molecule has 2 aromatic carbocycles. The largest absolute Gasteiger partial charge is 0.507 e. The molecule has 108 valence electrons. The van der Waals surface area contributed by atoms with Crippen molar-refractivity contribution in [2.75, 3.05) is 11.5 Å². The molecule has 0 aliphatic heterocycles. The van der Waals surface area contributed by atoms with Crippen LogP contribution in [0, 0.1) is 0 Å². The van der Waals surface area contributed by atoms with Gasteiger partial charge in [0.2, 0.25) is 0 Å². The topological polar surface area (TPSA) is 89.3 Å². The second-order valence-corrected chi connectivity index (χ2v) is 4.13. The summed E-state index contributed by atoms with van der Waals surface area (Å²) in [5, 5.41) is 9.60. The SMILES string of the molecule is CC(=O)c1cc(-c2cc(N)ccc2N)ccc1O.Cl.Cl. The average molecular weight is 315 g/mol. The summed E-state index contributed by atoms with van der Waals surface area (Å²) < 4.78 is 0. The Hall–Kier alpha value is -1.91. The molecule has 2 rings (SSSR count). The van der Waals surface area contributed by atoms with E-state index in [1.807, 2.05) is 0 Å². The molecule has 5 N–H and O–H groups in total. The highest BCUT2D eigenvalue weighted by Crippen LogP contribution is 2.31. The molecule has 0 atom stereocenters. The third-order valence-electron chi connectivity index (χ3n) is 2.76. The fourth-order valence-electron chi connectivity index (χ4n) is 1.81. The quantitative estimate of drug-likeness (QED) is 0.586. The lowest BCUT2D eigenvalue weighted by molar-refractivity contribution is 0.101. The van der Waals surface area contributed by atoms with Gasteiger partial charge in [-0.1, -0.05) is 6.07 Å². The lowest BCUT2D eigenvalue weighted by atomic mass is 9.99. The van der Waals surface area contributed by atoms with Crippen molar-refractivity contribution in [2.45, 2.75) is 6.92 Å². The number of ketones is 1. The monoisotopic (exact) mass is 314 g/mol. The third-order valence-corrected chi connectivity index (χ3v) is 2.76. The molecule has 20 heavy (non-hydrogen) atoms. The van der Waals surface area contributed by atoms with Crippen molar-refractivity contribution in [1.82, 2.24) is 0 Å². The van der Waals surface area contributed by atoms with Gasteiger partial charge < -0.3 is 16.6 Å². The van der Waals surface area contributed by atoms with Crippen molar-refractivity contribution in [3.8, 4) is 16.9 Å². The highest BCUT2D eigenvalue weighted by atomic mass is 35.5. The molecule has 0 unspecified atom stereocenters. The first kappa shape index (κ1) is 18.1. The Bertz CT molecular complexity index is 631. The Balaban J connectivity index is 0.00000180. The molecule has 2 aromatic rings. The van der Waals surface area contributed by atoms with E-state index in [4.69, 9.17) is 11.5 Å². The van der Waals surface area contributed by atoms with Gasteiger partial charge in [-0.3, -0.25) is 4.79 Å². The van der Waals surface area contributed by atoms with Crippen LogP contribution >= 0.6 is 24.8 Å². The summed E-state index contributed by atoms with van der Waals surface area (Å²) in [5.74, 6) is -0.231. The first-order valence-corrected chi connectivity index (χ1v) is 5.48. The smallest absolute Gasteiger partial charge is 0.163 e. The summed E-state index contributed by atoms with van der Waals surface area (Å²) in [4.78, 5) is 11.4. The number of halogens is 2. The number of phenols is 1. The standard InChI is InChI=1S/C14H14N2O2.2ClH/c1-8(17)11-6-9(2-5-14(11)18)12-7-10(15)3-4-13(12)16;;/h2-7,18H,15-16H2,1H3;2*1H. The van der Waals surface area contributed by atoms with Gasteiger partial charge in [0.05, 0.1) is 5.56 Å². The molecule has 0 saturated carbocycles. The molecular weight excluding hydrogens is 299 g/mol. The van der Waals surface area contributed by atoms with E-state index in [2.05, 4.69) is 0 Å². The van der Waals surface area contributed by atoms with E-state index < -0.39 is 0 Å². The molecule has 0 bridgehead atoms. The molecule has 4 nitrogen and oxygen atoms in total. The zero-order valence-electron chi connectivity index (χ0n) is 10.8. The highest BCUT2D eigenvalue weighted by Gasteiger charge is 2.10. The maximum atomic E-state index is 11.4. The molecule has 0 spiro atoms. The minimum Gasteiger partial charge on any atom is -0.507 e. The molecule has 0 aliphatic carbocycles. The van der Waals surface area contributed by atoms with Crippen LogP contribution in [0.15, 0.2) is 36.4 Å². The van der Waals surface area contributed by atoms with Gasteiger partial charge in [-0.05, 0) is 42.8 Å². The molecular formula is C14H16Cl2N2O2. The molecule has 0 aliphatic rings. The van der Waals surface area contributed by atoms with Gasteiger partial charge in [-0.25, -0.2) is 0 Å². The van der Waals surface area contributed by atoms with E-state index in [-0.39, 0.29) is 41.9 Å². The number of phenolic OH excluding ortho intramolecular Hbond substituents is 1. The maximum Gasteiger partial charge on any atom is 0.163 e. The van der Waals surface area contributed by atoms with Crippen molar-refractivity contribution in [3.63, 3.8) is 0 Å². The summed E-state index contributed by atoms with van der Waals surface area (Å²) in [6, 6.07) is 9.96. The van der Waals surface area contributed by atoms with Crippen LogP contribution in [0.1, 0.15) is 17.3 Å². The zero-order valence-corrected chi connectivity index (χ0v) is 12.4. The number of aromatic hydroxyl groups is 1. The summed E-state index contributed by atoms with van der Waals surface area (Å²) in [5.41, 5.74) is 14.5. The van der Waals surface area contributed by atoms with Gasteiger partial charge in [-0.15, -0.1) is 24.8 Å². The second kappa shape index (κ2) is 7.03. The van der Waals surface area contributed by atoms with Crippen molar-refractivity contribution in [2.24, 2.45) is 0 Å². The zero-order chi connectivity index (χ0) is 13.3. The number of anilines is 2. The van der Waals surface area contributed by atoms with E-state index in [0.29, 0.717) is 11.4 Å². The summed E-state index contributed by atoms with van der Waals surface area (Å²) >= 11 is 0. The van der Waals surface area contributed by atoms with E-state index in [0.717, 1.165) is 11.1 Å². The number of benzene rings is 2. The first-order chi connectivity index (χ1) is 8.49. The summed E-state index contributed by atoms with van der Waals surface area (Å²) in [6.45, 7) is 1.40. The number of hydrogen-bond donors (Lipinski definition) is 3. The third kappa shape index (κ3) is 3.56. The molecule has 0 saturated heterocycles. The Kier molecular flexibility index (Phi) is 6.36. The van der Waals surface area contributed by atoms with Gasteiger partial charge >= 0.3 is 0 Å². The van der Waals surface area contributed by atoms with Gasteiger partial charge in [-0.2, -0.15) is 0 Å². The van der Waals surface area contributed by atoms with Gasteiger partial charge in [0.1, 0.15) is 5.75 Å². The number of carbonyl (C=O) groups is 1. The van der Waals surface area contributed by atoms with Gasteiger partial charge in [0.25, 0.3) is 0 Å². The Morgan fingerprint density at radius 2 is 1.70 bits per heavy atom. The van der Waals surface area contributed by atoms with Crippen LogP contribution in [0.2, 0.25) is 0 Å². The fraction of sp³-hybridized carbons (Fsp3) is 0.0714. The van der Waals surface area contributed by atoms with Crippen molar-refractivity contribution >= 4 is 42.0 Å². The molecule has 0 radical (unpaired) electrons. The average Bonchev–Trinajstić information content (AvgIpc) is 2.33. The number of rotatable bonds is 2. The van der Waals surface area contributed by atoms with E-state index in [1.54, 1.807) is 30.3 Å². The molecule has 6 heteroatoms. The first-order valence-electron chi connectivity index (χ1n) is 5.48. The van der Waals surface area contributed by atoms with Crippen molar-refractivity contribution in [1.29, 1.82) is 0 Å². The number of Topliss-reactive ketones (excluding diaryl/α,β-unsaturated/α-hetero) is 1. The van der Waals surface area contributed by atoms with Crippen molar-refractivity contribution in [3.05, 3.63) is 42.0 Å². The normalized spacial score (nSPS) is 9.25. The Morgan fingerprint density at radius 3 is 2.30 bits per heavy atom.